The number of hydrogen-bond donors (Lipinski definition) is 2. The van der Waals surface area contributed by atoms with Crippen molar-refractivity contribution in [2.24, 2.45) is 0 Å². The number of methoxy groups -OCH3 is 2. The van der Waals surface area contributed by atoms with Crippen molar-refractivity contribution >= 4 is 22.7 Å². The van der Waals surface area contributed by atoms with Gasteiger partial charge >= 0.3 is 0 Å². The van der Waals surface area contributed by atoms with Crippen LogP contribution >= 0.6 is 0 Å². The lowest BCUT2D eigenvalue weighted by Gasteiger charge is -2.15. The Kier molecular flexibility index (Phi) is 4.35. The van der Waals surface area contributed by atoms with Crippen molar-refractivity contribution in [1.82, 2.24) is 15.1 Å². The van der Waals surface area contributed by atoms with Gasteiger partial charge in [0.15, 0.2) is 11.5 Å². The zero-order valence-corrected chi connectivity index (χ0v) is 14.9. The van der Waals surface area contributed by atoms with Gasteiger partial charge in [-0.3, -0.25) is 0 Å². The molecule has 0 aliphatic carbocycles. The first-order valence-corrected chi connectivity index (χ1v) is 7.83. The lowest BCUT2D eigenvalue weighted by Crippen LogP contribution is -2.12. The number of nitrogens with two attached hydrogens (primary N) is 1. The molecule has 132 valence electrons. The third kappa shape index (κ3) is 3.02. The average Bonchev–Trinajstić information content (AvgIpc) is 2.92. The summed E-state index contributed by atoms with van der Waals surface area (Å²) in [5.74, 6) is 2.70. The minimum Gasteiger partial charge on any atom is -0.493 e. The van der Waals surface area contributed by atoms with E-state index in [0.29, 0.717) is 34.2 Å². The normalized spacial score (nSPS) is 12.2. The number of aryl methyl sites for hydroxylation is 2. The van der Waals surface area contributed by atoms with Gasteiger partial charge in [-0.15, -0.1) is 0 Å². The predicted octanol–water partition coefficient (Wildman–Crippen LogP) is 3.01. The van der Waals surface area contributed by atoms with Gasteiger partial charge in [-0.2, -0.15) is 4.98 Å². The van der Waals surface area contributed by atoms with E-state index in [1.54, 1.807) is 26.4 Å². The fourth-order valence-electron chi connectivity index (χ4n) is 2.92. The average molecular weight is 343 g/mol. The number of hydrogen-bond acceptors (Lipinski definition) is 8. The molecule has 2 aromatic heterocycles. The van der Waals surface area contributed by atoms with Gasteiger partial charge in [0.2, 0.25) is 5.95 Å². The van der Waals surface area contributed by atoms with E-state index in [2.05, 4.69) is 20.4 Å². The lowest BCUT2D eigenvalue weighted by atomic mass is 10.1. The molecule has 3 N–H and O–H groups in total. The molecule has 0 bridgehead atoms. The molecule has 0 aliphatic heterocycles. The highest BCUT2D eigenvalue weighted by atomic mass is 16.5. The number of benzene rings is 1. The molecule has 25 heavy (non-hydrogen) atoms. The van der Waals surface area contributed by atoms with Gasteiger partial charge in [0.05, 0.1) is 31.5 Å². The zero-order chi connectivity index (χ0) is 18.1. The van der Waals surface area contributed by atoms with E-state index in [4.69, 9.17) is 19.7 Å². The molecule has 0 radical (unpaired) electrons. The van der Waals surface area contributed by atoms with Crippen molar-refractivity contribution in [3.63, 3.8) is 0 Å². The topological polar surface area (TPSA) is 108 Å². The molecule has 0 saturated heterocycles. The molecular formula is C17H21N5O3. The number of fused-ring (bicyclic) bond motifs is 1. The van der Waals surface area contributed by atoms with Crippen molar-refractivity contribution in [3.8, 4) is 11.5 Å². The summed E-state index contributed by atoms with van der Waals surface area (Å²) in [5, 5.41) is 7.93. The number of aromatic nitrogens is 3. The highest BCUT2D eigenvalue weighted by Crippen LogP contribution is 2.34. The molecule has 1 unspecified atom stereocenters. The van der Waals surface area contributed by atoms with Gasteiger partial charge in [0.1, 0.15) is 11.6 Å². The van der Waals surface area contributed by atoms with E-state index in [1.165, 1.54) is 0 Å². The summed E-state index contributed by atoms with van der Waals surface area (Å²) in [6, 6.07) is 3.46. The van der Waals surface area contributed by atoms with Gasteiger partial charge in [0, 0.05) is 17.0 Å². The number of nitrogens with one attached hydrogen (secondary N) is 1. The summed E-state index contributed by atoms with van der Waals surface area (Å²) >= 11 is 0. The number of nitrogen functional groups attached to an aromatic ring is 1. The van der Waals surface area contributed by atoms with Crippen LogP contribution in [-0.2, 0) is 0 Å². The van der Waals surface area contributed by atoms with E-state index in [-0.39, 0.29) is 6.04 Å². The minimum absolute atomic E-state index is 0.0803. The minimum atomic E-state index is -0.0803. The third-order valence-electron chi connectivity index (χ3n) is 4.10. The maximum atomic E-state index is 6.11. The van der Waals surface area contributed by atoms with Crippen molar-refractivity contribution < 1.29 is 14.0 Å². The Morgan fingerprint density at radius 1 is 1.12 bits per heavy atom. The molecule has 2 heterocycles. The Morgan fingerprint density at radius 2 is 1.80 bits per heavy atom. The Hall–Kier alpha value is -3.03. The van der Waals surface area contributed by atoms with Gasteiger partial charge in [-0.1, -0.05) is 5.16 Å². The molecule has 8 heteroatoms. The largest absolute Gasteiger partial charge is 0.493 e. The van der Waals surface area contributed by atoms with Gasteiger partial charge in [-0.25, -0.2) is 4.98 Å². The molecule has 1 atom stereocenters. The van der Waals surface area contributed by atoms with Crippen LogP contribution in [0.25, 0.3) is 10.9 Å². The zero-order valence-electron chi connectivity index (χ0n) is 14.9. The van der Waals surface area contributed by atoms with Crippen LogP contribution < -0.4 is 20.5 Å². The monoisotopic (exact) mass is 343 g/mol. The number of anilines is 2. The second-order valence-corrected chi connectivity index (χ2v) is 5.76. The molecule has 3 aromatic rings. The number of ether oxygens (including phenoxy) is 2. The van der Waals surface area contributed by atoms with Gasteiger partial charge < -0.3 is 25.0 Å². The third-order valence-corrected chi connectivity index (χ3v) is 4.10. The van der Waals surface area contributed by atoms with Crippen LogP contribution in [0.15, 0.2) is 16.7 Å². The first-order valence-electron chi connectivity index (χ1n) is 7.83. The van der Waals surface area contributed by atoms with E-state index in [0.717, 1.165) is 17.0 Å². The molecule has 0 amide bonds. The van der Waals surface area contributed by atoms with Crippen molar-refractivity contribution in [2.75, 3.05) is 25.3 Å². The summed E-state index contributed by atoms with van der Waals surface area (Å²) in [4.78, 5) is 8.89. The van der Waals surface area contributed by atoms with Crippen molar-refractivity contribution in [2.45, 2.75) is 26.8 Å². The number of nitrogens with zero attached hydrogens (tertiary/aromatic N) is 3. The van der Waals surface area contributed by atoms with Crippen LogP contribution in [0.4, 0.5) is 11.8 Å². The Bertz CT molecular complexity index is 903. The first-order chi connectivity index (χ1) is 11.9. The van der Waals surface area contributed by atoms with Crippen molar-refractivity contribution in [1.29, 1.82) is 0 Å². The highest BCUT2D eigenvalue weighted by molar-refractivity contribution is 5.91. The summed E-state index contributed by atoms with van der Waals surface area (Å²) in [5.41, 5.74) is 8.59. The Morgan fingerprint density at radius 3 is 2.40 bits per heavy atom. The Labute approximate surface area is 145 Å². The SMILES string of the molecule is COc1cc2nc(NC(C)c3c(C)noc3C)nc(N)c2cc1OC. The molecule has 0 aliphatic rings. The molecular weight excluding hydrogens is 322 g/mol. The lowest BCUT2D eigenvalue weighted by molar-refractivity contribution is 0.356. The first kappa shape index (κ1) is 16.8. The van der Waals surface area contributed by atoms with Crippen LogP contribution in [0, 0.1) is 13.8 Å². The van der Waals surface area contributed by atoms with Crippen LogP contribution in [0.1, 0.15) is 30.0 Å². The molecule has 0 spiro atoms. The van der Waals surface area contributed by atoms with Crippen LogP contribution in [0.2, 0.25) is 0 Å². The van der Waals surface area contributed by atoms with E-state index >= 15 is 0 Å². The summed E-state index contributed by atoms with van der Waals surface area (Å²) in [7, 11) is 3.15. The van der Waals surface area contributed by atoms with Crippen LogP contribution in [0.3, 0.4) is 0 Å². The second-order valence-electron chi connectivity index (χ2n) is 5.76. The van der Waals surface area contributed by atoms with Gasteiger partial charge in [-0.05, 0) is 26.8 Å². The fourth-order valence-corrected chi connectivity index (χ4v) is 2.92. The standard InChI is InChI=1S/C17H21N5O3/c1-8(15-9(2)22-25-10(15)3)19-17-20-12-7-14(24-5)13(23-4)6-11(12)16(18)21-17/h6-8H,1-5H3,(H3,18,19,20,21). The molecule has 8 nitrogen and oxygen atoms in total. The van der Waals surface area contributed by atoms with Crippen LogP contribution in [0.5, 0.6) is 11.5 Å². The summed E-state index contributed by atoms with van der Waals surface area (Å²) in [6.45, 7) is 5.77. The molecule has 1 aromatic carbocycles. The smallest absolute Gasteiger partial charge is 0.225 e. The van der Waals surface area contributed by atoms with E-state index in [1.807, 2.05) is 20.8 Å². The quantitative estimate of drug-likeness (QED) is 0.728. The predicted molar refractivity (Wildman–Crippen MR) is 95.1 cm³/mol. The van der Waals surface area contributed by atoms with Crippen LogP contribution in [-0.4, -0.2) is 29.3 Å². The second kappa shape index (κ2) is 6.46. The van der Waals surface area contributed by atoms with Gasteiger partial charge in [0.25, 0.3) is 0 Å². The molecule has 3 rings (SSSR count). The van der Waals surface area contributed by atoms with E-state index in [9.17, 15) is 0 Å². The fraction of sp³-hybridized carbons (Fsp3) is 0.353. The Balaban J connectivity index is 2.00. The maximum Gasteiger partial charge on any atom is 0.225 e. The molecule has 0 fully saturated rings. The van der Waals surface area contributed by atoms with Crippen molar-refractivity contribution in [3.05, 3.63) is 29.2 Å². The summed E-state index contributed by atoms with van der Waals surface area (Å²) < 4.78 is 15.8. The molecule has 0 saturated carbocycles. The highest BCUT2D eigenvalue weighted by Gasteiger charge is 2.18. The van der Waals surface area contributed by atoms with E-state index < -0.39 is 0 Å². The summed E-state index contributed by atoms with van der Waals surface area (Å²) in [6.07, 6.45) is 0. The number of rotatable bonds is 5. The maximum absolute atomic E-state index is 6.11.